The van der Waals surface area contributed by atoms with Gasteiger partial charge >= 0.3 is 0 Å². The summed E-state index contributed by atoms with van der Waals surface area (Å²) >= 11 is 0. The summed E-state index contributed by atoms with van der Waals surface area (Å²) in [5.41, 5.74) is -0.467. The maximum absolute atomic E-state index is 5.75. The van der Waals surface area contributed by atoms with E-state index in [9.17, 15) is 0 Å². The lowest BCUT2D eigenvalue weighted by Crippen LogP contribution is -2.29. The molecule has 0 aliphatic heterocycles. The number of aromatic nitrogens is 2. The van der Waals surface area contributed by atoms with Crippen LogP contribution in [0.25, 0.3) is 0 Å². The predicted octanol–water partition coefficient (Wildman–Crippen LogP) is 1.51. The Morgan fingerprint density at radius 1 is 1.31 bits per heavy atom. The van der Waals surface area contributed by atoms with Crippen molar-refractivity contribution in [2.75, 3.05) is 6.61 Å². The fourth-order valence-corrected chi connectivity index (χ4v) is 1.68. The van der Waals surface area contributed by atoms with Gasteiger partial charge in [-0.25, -0.2) is 5.90 Å². The van der Waals surface area contributed by atoms with Gasteiger partial charge < -0.3 is 9.26 Å². The van der Waals surface area contributed by atoms with Gasteiger partial charge in [-0.3, -0.25) is 4.84 Å². The minimum atomic E-state index is -0.467. The molecular weight excluding hydrogens is 210 g/mol. The smallest absolute Gasteiger partial charge is 0.254 e. The van der Waals surface area contributed by atoms with Crippen LogP contribution >= 0.6 is 0 Å². The third kappa shape index (κ3) is 2.58. The fourth-order valence-electron chi connectivity index (χ4n) is 1.68. The largest absolute Gasteiger partial charge is 0.367 e. The second-order valence-electron chi connectivity index (χ2n) is 3.46. The molecule has 0 aliphatic carbocycles. The highest BCUT2D eigenvalue weighted by Gasteiger charge is 2.34. The Hall–Kier alpha value is -0.980. The van der Waals surface area contributed by atoms with Gasteiger partial charge in [-0.1, -0.05) is 19.0 Å². The standard InChI is InChI=1S/C10H19N3O3/c1-4-10(5-2,14-6-3)9-12-8(7-15-11)16-13-9/h4-7,11H2,1-3H3. The number of hydrogen-bond acceptors (Lipinski definition) is 6. The molecule has 1 rings (SSSR count). The molecule has 0 radical (unpaired) electrons. The minimum absolute atomic E-state index is 0.114. The van der Waals surface area contributed by atoms with Crippen molar-refractivity contribution in [1.82, 2.24) is 10.1 Å². The average molecular weight is 229 g/mol. The van der Waals surface area contributed by atoms with Crippen LogP contribution in [0.15, 0.2) is 4.52 Å². The van der Waals surface area contributed by atoms with Gasteiger partial charge in [0.25, 0.3) is 5.89 Å². The van der Waals surface area contributed by atoms with Gasteiger partial charge in [-0.05, 0) is 19.8 Å². The Kier molecular flexibility index (Phi) is 4.85. The third-order valence-electron chi connectivity index (χ3n) is 2.65. The highest BCUT2D eigenvalue weighted by atomic mass is 16.6. The van der Waals surface area contributed by atoms with E-state index >= 15 is 0 Å². The third-order valence-corrected chi connectivity index (χ3v) is 2.65. The van der Waals surface area contributed by atoms with E-state index in [0.717, 1.165) is 12.8 Å². The van der Waals surface area contributed by atoms with Crippen LogP contribution in [0.5, 0.6) is 0 Å². The Balaban J connectivity index is 2.91. The second kappa shape index (κ2) is 5.93. The monoisotopic (exact) mass is 229 g/mol. The van der Waals surface area contributed by atoms with E-state index in [2.05, 4.69) is 15.0 Å². The van der Waals surface area contributed by atoms with E-state index in [-0.39, 0.29) is 6.61 Å². The molecule has 6 nitrogen and oxygen atoms in total. The van der Waals surface area contributed by atoms with E-state index in [1.165, 1.54) is 0 Å². The summed E-state index contributed by atoms with van der Waals surface area (Å²) < 4.78 is 10.8. The number of ether oxygens (including phenoxy) is 1. The van der Waals surface area contributed by atoms with Crippen LogP contribution in [-0.4, -0.2) is 16.7 Å². The van der Waals surface area contributed by atoms with Crippen LogP contribution in [0, 0.1) is 0 Å². The minimum Gasteiger partial charge on any atom is -0.367 e. The van der Waals surface area contributed by atoms with Crippen molar-refractivity contribution in [3.8, 4) is 0 Å². The van der Waals surface area contributed by atoms with Crippen molar-refractivity contribution >= 4 is 0 Å². The van der Waals surface area contributed by atoms with Crippen molar-refractivity contribution < 1.29 is 14.1 Å². The molecule has 0 atom stereocenters. The highest BCUT2D eigenvalue weighted by Crippen LogP contribution is 2.30. The first-order chi connectivity index (χ1) is 7.72. The number of nitrogens with zero attached hydrogens (tertiary/aromatic N) is 2. The van der Waals surface area contributed by atoms with Gasteiger partial charge in [0, 0.05) is 6.61 Å². The lowest BCUT2D eigenvalue weighted by Gasteiger charge is -2.27. The van der Waals surface area contributed by atoms with Crippen LogP contribution in [0.4, 0.5) is 0 Å². The van der Waals surface area contributed by atoms with Crippen molar-refractivity contribution in [2.24, 2.45) is 5.90 Å². The number of hydrogen-bond donors (Lipinski definition) is 1. The molecule has 1 aromatic heterocycles. The van der Waals surface area contributed by atoms with Crippen molar-refractivity contribution in [1.29, 1.82) is 0 Å². The van der Waals surface area contributed by atoms with Crippen molar-refractivity contribution in [3.63, 3.8) is 0 Å². The summed E-state index contributed by atoms with van der Waals surface area (Å²) in [7, 11) is 0. The molecule has 0 saturated heterocycles. The summed E-state index contributed by atoms with van der Waals surface area (Å²) in [6, 6.07) is 0. The molecule has 0 bridgehead atoms. The van der Waals surface area contributed by atoms with Gasteiger partial charge in [0.1, 0.15) is 12.2 Å². The normalized spacial score (nSPS) is 12.0. The summed E-state index contributed by atoms with van der Waals surface area (Å²) in [5, 5.41) is 3.92. The fraction of sp³-hybridized carbons (Fsp3) is 0.800. The van der Waals surface area contributed by atoms with Gasteiger partial charge in [-0.15, -0.1) is 0 Å². The predicted molar refractivity (Wildman–Crippen MR) is 57.2 cm³/mol. The lowest BCUT2D eigenvalue weighted by atomic mass is 9.96. The first kappa shape index (κ1) is 13.1. The van der Waals surface area contributed by atoms with Gasteiger partial charge in [0.05, 0.1) is 0 Å². The maximum atomic E-state index is 5.75. The Bertz CT molecular complexity index is 310. The molecule has 0 saturated carbocycles. The molecular formula is C10H19N3O3. The zero-order chi connectivity index (χ0) is 12.0. The van der Waals surface area contributed by atoms with E-state index < -0.39 is 5.60 Å². The molecule has 92 valence electrons. The Morgan fingerprint density at radius 2 is 2.00 bits per heavy atom. The molecule has 0 aliphatic rings. The van der Waals surface area contributed by atoms with E-state index in [1.807, 2.05) is 20.8 Å². The number of rotatable bonds is 7. The lowest BCUT2D eigenvalue weighted by molar-refractivity contribution is -0.0583. The van der Waals surface area contributed by atoms with Gasteiger partial charge in [0.15, 0.2) is 0 Å². The van der Waals surface area contributed by atoms with Crippen LogP contribution < -0.4 is 5.90 Å². The van der Waals surface area contributed by atoms with Crippen LogP contribution in [0.1, 0.15) is 45.3 Å². The maximum Gasteiger partial charge on any atom is 0.254 e. The Labute approximate surface area is 95.1 Å². The summed E-state index contributed by atoms with van der Waals surface area (Å²) in [6.45, 7) is 6.74. The molecule has 1 heterocycles. The summed E-state index contributed by atoms with van der Waals surface area (Å²) in [4.78, 5) is 8.67. The molecule has 2 N–H and O–H groups in total. The van der Waals surface area contributed by atoms with Crippen molar-refractivity contribution in [3.05, 3.63) is 11.7 Å². The van der Waals surface area contributed by atoms with E-state index in [4.69, 9.17) is 15.2 Å². The quantitative estimate of drug-likeness (QED) is 0.713. The molecule has 16 heavy (non-hydrogen) atoms. The van der Waals surface area contributed by atoms with Gasteiger partial charge in [-0.2, -0.15) is 4.98 Å². The summed E-state index contributed by atoms with van der Waals surface area (Å²) in [6.07, 6.45) is 1.58. The molecule has 1 aromatic rings. The number of nitrogens with two attached hydrogens (primary N) is 1. The van der Waals surface area contributed by atoms with Gasteiger partial charge in [0.2, 0.25) is 5.82 Å². The van der Waals surface area contributed by atoms with E-state index in [0.29, 0.717) is 18.3 Å². The molecule has 0 fully saturated rings. The molecule has 0 spiro atoms. The SMILES string of the molecule is CCOC(CC)(CC)c1noc(CON)n1. The topological polar surface area (TPSA) is 83.4 Å². The first-order valence-corrected chi connectivity index (χ1v) is 5.51. The molecule has 0 unspecified atom stereocenters. The van der Waals surface area contributed by atoms with E-state index in [1.54, 1.807) is 0 Å². The van der Waals surface area contributed by atoms with Crippen molar-refractivity contribution in [2.45, 2.75) is 45.8 Å². The second-order valence-corrected chi connectivity index (χ2v) is 3.46. The Morgan fingerprint density at radius 3 is 2.50 bits per heavy atom. The zero-order valence-electron chi connectivity index (χ0n) is 10.0. The van der Waals surface area contributed by atoms with Crippen LogP contribution in [-0.2, 0) is 21.8 Å². The summed E-state index contributed by atoms with van der Waals surface area (Å²) in [5.74, 6) is 5.87. The molecule has 6 heteroatoms. The highest BCUT2D eigenvalue weighted by molar-refractivity contribution is 5.00. The average Bonchev–Trinajstić information content (AvgIpc) is 2.76. The first-order valence-electron chi connectivity index (χ1n) is 5.51. The molecule has 0 aromatic carbocycles. The van der Waals surface area contributed by atoms with Crippen LogP contribution in [0.2, 0.25) is 0 Å². The zero-order valence-corrected chi connectivity index (χ0v) is 10.0. The van der Waals surface area contributed by atoms with Crippen LogP contribution in [0.3, 0.4) is 0 Å². The molecule has 0 amide bonds.